The van der Waals surface area contributed by atoms with Crippen LogP contribution in [-0.4, -0.2) is 33.4 Å². The highest BCUT2D eigenvalue weighted by atomic mass is 32.2. The Morgan fingerprint density at radius 3 is 2.19 bits per heavy atom. The van der Waals surface area contributed by atoms with Crippen LogP contribution in [0.3, 0.4) is 0 Å². The third kappa shape index (κ3) is 5.57. The van der Waals surface area contributed by atoms with Gasteiger partial charge in [0.1, 0.15) is 4.21 Å². The summed E-state index contributed by atoms with van der Waals surface area (Å²) in [6, 6.07) is 6.85. The first-order valence-corrected chi connectivity index (χ1v) is 12.3. The summed E-state index contributed by atoms with van der Waals surface area (Å²) < 4.78 is 50.7. The molecule has 1 aromatic carbocycles. The molecular weight excluding hydrogens is 440 g/mol. The van der Waals surface area contributed by atoms with Crippen molar-refractivity contribution < 1.29 is 27.2 Å². The maximum atomic E-state index is 12.8. The molecule has 1 N–H and O–H groups in total. The highest BCUT2D eigenvalue weighted by molar-refractivity contribution is 7.91. The van der Waals surface area contributed by atoms with Crippen LogP contribution in [0.1, 0.15) is 32.0 Å². The molecule has 31 heavy (non-hydrogen) atoms. The van der Waals surface area contributed by atoms with Crippen LogP contribution in [0.2, 0.25) is 0 Å². The predicted octanol–water partition coefficient (Wildman–Crippen LogP) is 4.39. The smallest absolute Gasteiger partial charge is 0.250 e. The summed E-state index contributed by atoms with van der Waals surface area (Å²) in [7, 11) is -3.72. The van der Waals surface area contributed by atoms with E-state index in [1.807, 2.05) is 27.7 Å². The molecule has 3 aromatic rings. The summed E-state index contributed by atoms with van der Waals surface area (Å²) in [5.41, 5.74) is 2.10. The highest BCUT2D eigenvalue weighted by Gasteiger charge is 2.20. The van der Waals surface area contributed by atoms with Gasteiger partial charge < -0.3 is 18.7 Å². The van der Waals surface area contributed by atoms with Crippen molar-refractivity contribution in [3.05, 3.63) is 40.9 Å². The van der Waals surface area contributed by atoms with Crippen molar-refractivity contribution >= 4 is 21.4 Å². The summed E-state index contributed by atoms with van der Waals surface area (Å²) in [5.74, 6) is 2.08. The van der Waals surface area contributed by atoms with Gasteiger partial charge in [0.05, 0.1) is 25.5 Å². The molecular formula is C21H26N2O6S2. The summed E-state index contributed by atoms with van der Waals surface area (Å²) in [5, 5.41) is 5.57. The van der Waals surface area contributed by atoms with Gasteiger partial charge in [-0.2, -0.15) is 0 Å². The van der Waals surface area contributed by atoms with Crippen LogP contribution >= 0.6 is 11.3 Å². The van der Waals surface area contributed by atoms with E-state index in [2.05, 4.69) is 9.88 Å². The van der Waals surface area contributed by atoms with Gasteiger partial charge in [0.25, 0.3) is 0 Å². The fraction of sp³-hybridized carbons (Fsp3) is 0.381. The number of sulfonamides is 1. The molecule has 10 heteroatoms. The van der Waals surface area contributed by atoms with Crippen molar-refractivity contribution in [2.75, 3.05) is 19.8 Å². The first-order chi connectivity index (χ1) is 14.9. The van der Waals surface area contributed by atoms with E-state index in [0.717, 1.165) is 17.0 Å². The summed E-state index contributed by atoms with van der Waals surface area (Å²) in [6.45, 7) is 8.85. The fourth-order valence-electron chi connectivity index (χ4n) is 2.88. The second-order valence-electron chi connectivity index (χ2n) is 6.53. The summed E-state index contributed by atoms with van der Waals surface area (Å²) >= 11 is 1.12. The number of nitrogens with zero attached hydrogens (tertiary/aromatic N) is 1. The fourth-order valence-corrected chi connectivity index (χ4v) is 5.11. The normalized spacial score (nSPS) is 11.5. The van der Waals surface area contributed by atoms with Gasteiger partial charge in [-0.25, -0.2) is 13.1 Å². The van der Waals surface area contributed by atoms with Crippen molar-refractivity contribution in [2.24, 2.45) is 0 Å². The van der Waals surface area contributed by atoms with E-state index in [1.54, 1.807) is 29.6 Å². The van der Waals surface area contributed by atoms with E-state index in [-0.39, 0.29) is 10.8 Å². The van der Waals surface area contributed by atoms with Crippen molar-refractivity contribution in [2.45, 2.75) is 38.4 Å². The Labute approximate surface area is 186 Å². The summed E-state index contributed by atoms with van der Waals surface area (Å²) in [4.78, 5) is 0. The minimum atomic E-state index is -3.72. The number of ether oxygens (including phenoxy) is 3. The van der Waals surface area contributed by atoms with Gasteiger partial charge >= 0.3 is 0 Å². The first-order valence-electron chi connectivity index (χ1n) is 9.95. The number of thiophene rings is 1. The molecule has 0 bridgehead atoms. The van der Waals surface area contributed by atoms with Gasteiger partial charge in [-0.15, -0.1) is 11.3 Å². The standard InChI is InChI=1S/C21H26N2O6S2/c1-5-26-18-9-15(10-19(27-6-2)21(18)28-7-3)12-22-31(24,25)20-11-16(13-30-20)17-8-14(4)23-29-17/h8-11,13,22H,5-7,12H2,1-4H3. The molecule has 2 heterocycles. The van der Waals surface area contributed by atoms with Crippen molar-refractivity contribution in [3.63, 3.8) is 0 Å². The quantitative estimate of drug-likeness (QED) is 0.447. The van der Waals surface area contributed by atoms with Crippen LogP contribution in [0, 0.1) is 6.92 Å². The minimum absolute atomic E-state index is 0.0730. The SMILES string of the molecule is CCOc1cc(CNS(=O)(=O)c2cc(-c3cc(C)no3)cs2)cc(OCC)c1OCC. The van der Waals surface area contributed by atoms with E-state index < -0.39 is 10.0 Å². The lowest BCUT2D eigenvalue weighted by atomic mass is 10.2. The van der Waals surface area contributed by atoms with Gasteiger partial charge in [-0.05, 0) is 51.5 Å². The van der Waals surface area contributed by atoms with E-state index in [0.29, 0.717) is 54.0 Å². The van der Waals surface area contributed by atoms with Gasteiger partial charge in [0.2, 0.25) is 15.8 Å². The molecule has 0 saturated carbocycles. The number of aryl methyl sites for hydroxylation is 1. The van der Waals surface area contributed by atoms with Crippen LogP contribution in [0.25, 0.3) is 11.3 Å². The van der Waals surface area contributed by atoms with Crippen molar-refractivity contribution in [3.8, 4) is 28.6 Å². The third-order valence-corrected chi connectivity index (χ3v) is 7.03. The zero-order chi connectivity index (χ0) is 22.4. The molecule has 2 aromatic heterocycles. The molecule has 0 aliphatic carbocycles. The zero-order valence-electron chi connectivity index (χ0n) is 17.9. The van der Waals surface area contributed by atoms with E-state index >= 15 is 0 Å². The number of hydrogen-bond donors (Lipinski definition) is 1. The van der Waals surface area contributed by atoms with E-state index in [1.165, 1.54) is 0 Å². The maximum absolute atomic E-state index is 12.8. The van der Waals surface area contributed by atoms with Crippen LogP contribution in [0.5, 0.6) is 17.2 Å². The Balaban J connectivity index is 1.81. The molecule has 0 radical (unpaired) electrons. The lowest BCUT2D eigenvalue weighted by Gasteiger charge is -2.17. The third-order valence-electron chi connectivity index (χ3n) is 4.19. The lowest BCUT2D eigenvalue weighted by molar-refractivity contribution is 0.260. The van der Waals surface area contributed by atoms with Gasteiger partial charge in [0, 0.05) is 23.6 Å². The molecule has 0 atom stereocenters. The molecule has 0 aliphatic heterocycles. The molecule has 0 fully saturated rings. The van der Waals surface area contributed by atoms with E-state index in [9.17, 15) is 8.42 Å². The molecule has 0 saturated heterocycles. The average molecular weight is 467 g/mol. The second kappa shape index (κ2) is 10.2. The number of hydrogen-bond acceptors (Lipinski definition) is 8. The maximum Gasteiger partial charge on any atom is 0.250 e. The Kier molecular flexibility index (Phi) is 7.58. The highest BCUT2D eigenvalue weighted by Crippen LogP contribution is 2.39. The Morgan fingerprint density at radius 1 is 1.00 bits per heavy atom. The molecule has 168 valence electrons. The number of rotatable bonds is 11. The van der Waals surface area contributed by atoms with Crippen LogP contribution in [0.4, 0.5) is 0 Å². The number of aromatic nitrogens is 1. The molecule has 3 rings (SSSR count). The van der Waals surface area contributed by atoms with Crippen LogP contribution in [0.15, 0.2) is 38.4 Å². The number of nitrogens with one attached hydrogen (secondary N) is 1. The number of benzene rings is 1. The van der Waals surface area contributed by atoms with Crippen molar-refractivity contribution in [1.82, 2.24) is 9.88 Å². The largest absolute Gasteiger partial charge is 0.490 e. The van der Waals surface area contributed by atoms with Crippen molar-refractivity contribution in [1.29, 1.82) is 0 Å². The second-order valence-corrected chi connectivity index (χ2v) is 9.44. The van der Waals surface area contributed by atoms with E-state index in [4.69, 9.17) is 18.7 Å². The monoisotopic (exact) mass is 466 g/mol. The average Bonchev–Trinajstić information content (AvgIpc) is 3.39. The topological polar surface area (TPSA) is 99.9 Å². The lowest BCUT2D eigenvalue weighted by Crippen LogP contribution is -2.22. The molecule has 0 unspecified atom stereocenters. The zero-order valence-corrected chi connectivity index (χ0v) is 19.6. The molecule has 8 nitrogen and oxygen atoms in total. The Morgan fingerprint density at radius 2 is 1.65 bits per heavy atom. The minimum Gasteiger partial charge on any atom is -0.490 e. The first kappa shape index (κ1) is 23.1. The predicted molar refractivity (Wildman–Crippen MR) is 119 cm³/mol. The molecule has 0 spiro atoms. The Bertz CT molecular complexity index is 1090. The molecule has 0 aliphatic rings. The van der Waals surface area contributed by atoms with Crippen LogP contribution in [-0.2, 0) is 16.6 Å². The van der Waals surface area contributed by atoms with Gasteiger partial charge in [0.15, 0.2) is 17.3 Å². The van der Waals surface area contributed by atoms with Crippen LogP contribution < -0.4 is 18.9 Å². The summed E-state index contributed by atoms with van der Waals surface area (Å²) in [6.07, 6.45) is 0. The van der Waals surface area contributed by atoms with Gasteiger partial charge in [-0.3, -0.25) is 0 Å². The molecule has 0 amide bonds. The Hall–Kier alpha value is -2.56. The van der Waals surface area contributed by atoms with Gasteiger partial charge in [-0.1, -0.05) is 5.16 Å².